The van der Waals surface area contributed by atoms with E-state index in [0.717, 1.165) is 23.1 Å². The van der Waals surface area contributed by atoms with Gasteiger partial charge in [0.05, 0.1) is 6.10 Å². The van der Waals surface area contributed by atoms with E-state index in [9.17, 15) is 4.39 Å². The van der Waals surface area contributed by atoms with E-state index in [1.54, 1.807) is 12.1 Å². The molecule has 1 aromatic carbocycles. The molecule has 0 aliphatic heterocycles. The zero-order valence-electron chi connectivity index (χ0n) is 11.8. The third-order valence-corrected chi connectivity index (χ3v) is 5.76. The largest absolute Gasteiger partial charge is 0.378 e. The van der Waals surface area contributed by atoms with Gasteiger partial charge in [0.2, 0.25) is 0 Å². The third kappa shape index (κ3) is 2.42. The van der Waals surface area contributed by atoms with Crippen LogP contribution in [0.3, 0.4) is 0 Å². The van der Waals surface area contributed by atoms with Gasteiger partial charge in [-0.3, -0.25) is 0 Å². The number of hydrogen-bond donors (Lipinski definition) is 1. The SMILES string of the molecule is CCOC1CC(NCc2cc(F)ccc2Br)C12CCC2. The third-order valence-electron chi connectivity index (χ3n) is 4.98. The molecule has 1 N–H and O–H groups in total. The van der Waals surface area contributed by atoms with Crippen LogP contribution in [0.2, 0.25) is 0 Å². The minimum absolute atomic E-state index is 0.177. The van der Waals surface area contributed by atoms with Crippen molar-refractivity contribution in [2.75, 3.05) is 6.61 Å². The Morgan fingerprint density at radius 1 is 1.45 bits per heavy atom. The normalized spacial score (nSPS) is 27.1. The van der Waals surface area contributed by atoms with Gasteiger partial charge in [0, 0.05) is 29.1 Å². The van der Waals surface area contributed by atoms with Crippen molar-refractivity contribution < 1.29 is 9.13 Å². The average molecular weight is 342 g/mol. The van der Waals surface area contributed by atoms with Crippen LogP contribution in [0, 0.1) is 11.2 Å². The smallest absolute Gasteiger partial charge is 0.123 e. The molecule has 2 atom stereocenters. The summed E-state index contributed by atoms with van der Waals surface area (Å²) in [4.78, 5) is 0. The quantitative estimate of drug-likeness (QED) is 0.873. The molecule has 4 heteroatoms. The zero-order chi connectivity index (χ0) is 14.2. The Kier molecular flexibility index (Phi) is 4.16. The summed E-state index contributed by atoms with van der Waals surface area (Å²) < 4.78 is 20.1. The summed E-state index contributed by atoms with van der Waals surface area (Å²) in [7, 11) is 0. The highest BCUT2D eigenvalue weighted by Gasteiger charge is 2.58. The van der Waals surface area contributed by atoms with Crippen LogP contribution in [-0.4, -0.2) is 18.8 Å². The predicted molar refractivity (Wildman–Crippen MR) is 81.0 cm³/mol. The first-order chi connectivity index (χ1) is 9.65. The zero-order valence-corrected chi connectivity index (χ0v) is 13.4. The van der Waals surface area contributed by atoms with E-state index in [0.29, 0.717) is 24.1 Å². The number of benzene rings is 1. The van der Waals surface area contributed by atoms with Crippen LogP contribution in [0.5, 0.6) is 0 Å². The van der Waals surface area contributed by atoms with Gasteiger partial charge in [0.15, 0.2) is 0 Å². The molecule has 0 saturated heterocycles. The van der Waals surface area contributed by atoms with Gasteiger partial charge in [0.25, 0.3) is 0 Å². The number of ether oxygens (including phenoxy) is 1. The maximum absolute atomic E-state index is 13.3. The van der Waals surface area contributed by atoms with Crippen LogP contribution in [0.15, 0.2) is 22.7 Å². The summed E-state index contributed by atoms with van der Waals surface area (Å²) in [6.07, 6.45) is 5.35. The Balaban J connectivity index is 1.61. The molecule has 0 bridgehead atoms. The second-order valence-electron chi connectivity index (χ2n) is 5.94. The van der Waals surface area contributed by atoms with Crippen LogP contribution >= 0.6 is 15.9 Å². The van der Waals surface area contributed by atoms with Crippen molar-refractivity contribution in [3.8, 4) is 0 Å². The fraction of sp³-hybridized carbons (Fsp3) is 0.625. The minimum Gasteiger partial charge on any atom is -0.378 e. The fourth-order valence-electron chi connectivity index (χ4n) is 3.64. The van der Waals surface area contributed by atoms with Crippen LogP contribution in [0.25, 0.3) is 0 Å². The van der Waals surface area contributed by atoms with E-state index >= 15 is 0 Å². The molecule has 110 valence electrons. The highest BCUT2D eigenvalue weighted by Crippen LogP contribution is 2.57. The molecule has 0 amide bonds. The lowest BCUT2D eigenvalue weighted by atomic mass is 9.51. The maximum atomic E-state index is 13.3. The molecule has 2 aliphatic rings. The van der Waals surface area contributed by atoms with Crippen molar-refractivity contribution in [2.45, 2.75) is 51.3 Å². The lowest BCUT2D eigenvalue weighted by molar-refractivity contribution is -0.173. The monoisotopic (exact) mass is 341 g/mol. The topological polar surface area (TPSA) is 21.3 Å². The van der Waals surface area contributed by atoms with Crippen molar-refractivity contribution in [3.05, 3.63) is 34.1 Å². The minimum atomic E-state index is -0.177. The summed E-state index contributed by atoms with van der Waals surface area (Å²) in [5.41, 5.74) is 1.34. The van der Waals surface area contributed by atoms with Crippen LogP contribution in [0.1, 0.15) is 38.2 Å². The number of rotatable bonds is 5. The Labute approximate surface area is 128 Å². The molecule has 0 aromatic heterocycles. The fourth-order valence-corrected chi connectivity index (χ4v) is 4.02. The average Bonchev–Trinajstić information content (AvgIpc) is 2.34. The molecule has 2 fully saturated rings. The van der Waals surface area contributed by atoms with Crippen LogP contribution < -0.4 is 5.32 Å². The molecular weight excluding hydrogens is 321 g/mol. The van der Waals surface area contributed by atoms with E-state index < -0.39 is 0 Å². The summed E-state index contributed by atoms with van der Waals surface area (Å²) >= 11 is 3.49. The molecule has 2 nitrogen and oxygen atoms in total. The van der Waals surface area contributed by atoms with Crippen molar-refractivity contribution in [2.24, 2.45) is 5.41 Å². The van der Waals surface area contributed by atoms with E-state index in [2.05, 4.69) is 28.2 Å². The molecule has 1 aromatic rings. The maximum Gasteiger partial charge on any atom is 0.123 e. The highest BCUT2D eigenvalue weighted by atomic mass is 79.9. The second-order valence-corrected chi connectivity index (χ2v) is 6.79. The summed E-state index contributed by atoms with van der Waals surface area (Å²) in [6, 6.07) is 5.37. The molecule has 0 heterocycles. The standard InChI is InChI=1S/C16H21BrFNO/c1-2-20-15-9-14(16(15)6-3-7-16)19-10-11-8-12(18)4-5-13(11)17/h4-5,8,14-15,19H,2-3,6-7,9-10H2,1H3. The molecule has 2 aliphatic carbocycles. The molecule has 1 spiro atoms. The highest BCUT2D eigenvalue weighted by molar-refractivity contribution is 9.10. The van der Waals surface area contributed by atoms with Gasteiger partial charge < -0.3 is 10.1 Å². The van der Waals surface area contributed by atoms with E-state index in [-0.39, 0.29) is 5.82 Å². The molecule has 2 unspecified atom stereocenters. The van der Waals surface area contributed by atoms with Crippen molar-refractivity contribution >= 4 is 15.9 Å². The van der Waals surface area contributed by atoms with Crippen molar-refractivity contribution in [1.29, 1.82) is 0 Å². The van der Waals surface area contributed by atoms with Crippen LogP contribution in [0.4, 0.5) is 4.39 Å². The summed E-state index contributed by atoms with van der Waals surface area (Å²) in [5, 5.41) is 3.61. The van der Waals surface area contributed by atoms with E-state index in [4.69, 9.17) is 4.74 Å². The first kappa shape index (κ1) is 14.5. The Bertz CT molecular complexity index is 489. The van der Waals surface area contributed by atoms with E-state index in [1.165, 1.54) is 25.3 Å². The lowest BCUT2D eigenvalue weighted by Gasteiger charge is -2.61. The first-order valence-corrected chi connectivity index (χ1v) is 8.24. The molecule has 2 saturated carbocycles. The van der Waals surface area contributed by atoms with Gasteiger partial charge in [-0.15, -0.1) is 0 Å². The van der Waals surface area contributed by atoms with E-state index in [1.807, 2.05) is 0 Å². The van der Waals surface area contributed by atoms with Crippen LogP contribution in [-0.2, 0) is 11.3 Å². The van der Waals surface area contributed by atoms with Gasteiger partial charge in [-0.05, 0) is 49.9 Å². The summed E-state index contributed by atoms with van der Waals surface area (Å²) in [5.74, 6) is -0.177. The molecule has 20 heavy (non-hydrogen) atoms. The first-order valence-electron chi connectivity index (χ1n) is 7.44. The molecule has 0 radical (unpaired) electrons. The van der Waals surface area contributed by atoms with Gasteiger partial charge in [0.1, 0.15) is 5.82 Å². The number of halogens is 2. The Morgan fingerprint density at radius 3 is 2.90 bits per heavy atom. The molecular formula is C16H21BrFNO. The van der Waals surface area contributed by atoms with Gasteiger partial charge in [-0.25, -0.2) is 4.39 Å². The number of nitrogens with one attached hydrogen (secondary N) is 1. The van der Waals surface area contributed by atoms with Crippen molar-refractivity contribution in [1.82, 2.24) is 5.32 Å². The predicted octanol–water partition coefficient (Wildman–Crippen LogP) is 4.03. The van der Waals surface area contributed by atoms with Gasteiger partial charge in [-0.1, -0.05) is 22.4 Å². The lowest BCUT2D eigenvalue weighted by Crippen LogP contribution is -2.66. The van der Waals surface area contributed by atoms with Crippen molar-refractivity contribution in [3.63, 3.8) is 0 Å². The summed E-state index contributed by atoms with van der Waals surface area (Å²) in [6.45, 7) is 3.58. The Morgan fingerprint density at radius 2 is 2.25 bits per heavy atom. The Hall–Kier alpha value is -0.450. The second kappa shape index (κ2) is 5.74. The molecule has 3 rings (SSSR count). The van der Waals surface area contributed by atoms with Gasteiger partial charge >= 0.3 is 0 Å². The number of hydrogen-bond acceptors (Lipinski definition) is 2. The van der Waals surface area contributed by atoms with Gasteiger partial charge in [-0.2, -0.15) is 0 Å².